The van der Waals surface area contributed by atoms with Crippen molar-refractivity contribution in [3.63, 3.8) is 0 Å². The van der Waals surface area contributed by atoms with Crippen LogP contribution in [0.5, 0.6) is 5.75 Å². The topological polar surface area (TPSA) is 61.0 Å². The Morgan fingerprint density at radius 1 is 1.39 bits per heavy atom. The van der Waals surface area contributed by atoms with Gasteiger partial charge in [0.15, 0.2) is 0 Å². The summed E-state index contributed by atoms with van der Waals surface area (Å²) in [6, 6.07) is 2.91. The summed E-state index contributed by atoms with van der Waals surface area (Å²) in [5, 5.41) is 0. The van der Waals surface area contributed by atoms with Crippen molar-refractivity contribution in [1.29, 1.82) is 0 Å². The fourth-order valence-corrected chi connectivity index (χ4v) is 2.15. The van der Waals surface area contributed by atoms with E-state index < -0.39 is 0 Å². The molecule has 2 heterocycles. The lowest BCUT2D eigenvalue weighted by Gasteiger charge is -2.10. The molecule has 1 aromatic carbocycles. The lowest BCUT2D eigenvalue weighted by atomic mass is 10.0. The zero-order chi connectivity index (χ0) is 12.5. The molecular formula is C13H12FN3O. The zero-order valence-electron chi connectivity index (χ0n) is 9.64. The molecule has 1 aliphatic heterocycles. The standard InChI is InChI=1S/C13H12FN3O/c14-9-3-8-4-10(6-15)18-13(8)11(5-9)12-7-16-1-2-17-12/h1-3,5,7,10H,4,6,15H2/t10-/m1/s1. The molecule has 2 aromatic rings. The van der Waals surface area contributed by atoms with E-state index in [2.05, 4.69) is 9.97 Å². The van der Waals surface area contributed by atoms with Crippen molar-refractivity contribution in [2.75, 3.05) is 6.54 Å². The molecule has 4 nitrogen and oxygen atoms in total. The highest BCUT2D eigenvalue weighted by Crippen LogP contribution is 2.38. The molecule has 0 unspecified atom stereocenters. The van der Waals surface area contributed by atoms with E-state index in [0.29, 0.717) is 30.0 Å². The number of rotatable bonds is 2. The molecule has 5 heteroatoms. The Bertz CT molecular complexity index is 574. The minimum atomic E-state index is -0.296. The highest BCUT2D eigenvalue weighted by molar-refractivity contribution is 5.69. The van der Waals surface area contributed by atoms with E-state index in [1.807, 2.05) is 0 Å². The number of hydrogen-bond acceptors (Lipinski definition) is 4. The van der Waals surface area contributed by atoms with Gasteiger partial charge in [0.2, 0.25) is 0 Å². The number of fused-ring (bicyclic) bond motifs is 1. The van der Waals surface area contributed by atoms with Crippen LogP contribution in [0.2, 0.25) is 0 Å². The van der Waals surface area contributed by atoms with Gasteiger partial charge >= 0.3 is 0 Å². The SMILES string of the molecule is NC[C@H]1Cc2cc(F)cc(-c3cnccn3)c2O1. The van der Waals surface area contributed by atoms with Crippen molar-refractivity contribution < 1.29 is 9.13 Å². The molecule has 0 bridgehead atoms. The number of nitrogens with zero attached hydrogens (tertiary/aromatic N) is 2. The Balaban J connectivity index is 2.12. The van der Waals surface area contributed by atoms with E-state index in [0.717, 1.165) is 5.56 Å². The molecule has 0 aliphatic carbocycles. The number of halogens is 1. The number of nitrogens with two attached hydrogens (primary N) is 1. The van der Waals surface area contributed by atoms with Gasteiger partial charge in [-0.25, -0.2) is 4.39 Å². The van der Waals surface area contributed by atoms with Gasteiger partial charge in [0.1, 0.15) is 17.7 Å². The van der Waals surface area contributed by atoms with Gasteiger partial charge in [-0.05, 0) is 12.1 Å². The summed E-state index contributed by atoms with van der Waals surface area (Å²) in [6.07, 6.45) is 5.29. The molecule has 0 saturated carbocycles. The smallest absolute Gasteiger partial charge is 0.132 e. The average molecular weight is 245 g/mol. The minimum Gasteiger partial charge on any atom is -0.488 e. The summed E-state index contributed by atoms with van der Waals surface area (Å²) in [6.45, 7) is 0.413. The fraction of sp³-hybridized carbons (Fsp3) is 0.231. The monoisotopic (exact) mass is 245 g/mol. The highest BCUT2D eigenvalue weighted by atomic mass is 19.1. The van der Waals surface area contributed by atoms with Crippen molar-refractivity contribution in [3.05, 3.63) is 42.1 Å². The van der Waals surface area contributed by atoms with E-state index >= 15 is 0 Å². The van der Waals surface area contributed by atoms with E-state index in [-0.39, 0.29) is 11.9 Å². The zero-order valence-corrected chi connectivity index (χ0v) is 9.64. The van der Waals surface area contributed by atoms with Crippen molar-refractivity contribution >= 4 is 0 Å². The third kappa shape index (κ3) is 1.82. The van der Waals surface area contributed by atoms with Gasteiger partial charge in [-0.1, -0.05) is 0 Å². The summed E-state index contributed by atoms with van der Waals surface area (Å²) in [5.74, 6) is 0.378. The number of hydrogen-bond donors (Lipinski definition) is 1. The first-order valence-electron chi connectivity index (χ1n) is 5.73. The molecule has 3 rings (SSSR count). The summed E-state index contributed by atoms with van der Waals surface area (Å²) in [4.78, 5) is 8.17. The van der Waals surface area contributed by atoms with Crippen LogP contribution >= 0.6 is 0 Å². The van der Waals surface area contributed by atoms with Gasteiger partial charge in [-0.2, -0.15) is 0 Å². The molecule has 92 valence electrons. The Morgan fingerprint density at radius 2 is 2.28 bits per heavy atom. The third-order valence-electron chi connectivity index (χ3n) is 2.96. The van der Waals surface area contributed by atoms with Crippen LogP contribution in [0.25, 0.3) is 11.3 Å². The first kappa shape index (κ1) is 11.1. The fourth-order valence-electron chi connectivity index (χ4n) is 2.15. The lowest BCUT2D eigenvalue weighted by Crippen LogP contribution is -2.24. The molecule has 18 heavy (non-hydrogen) atoms. The molecular weight excluding hydrogens is 233 g/mol. The number of benzene rings is 1. The summed E-state index contributed by atoms with van der Waals surface area (Å²) >= 11 is 0. The lowest BCUT2D eigenvalue weighted by molar-refractivity contribution is 0.242. The molecule has 2 N–H and O–H groups in total. The second-order valence-electron chi connectivity index (χ2n) is 4.21. The normalized spacial score (nSPS) is 17.3. The van der Waals surface area contributed by atoms with E-state index in [1.165, 1.54) is 12.1 Å². The summed E-state index contributed by atoms with van der Waals surface area (Å²) in [5.41, 5.74) is 7.67. The summed E-state index contributed by atoms with van der Waals surface area (Å²) < 4.78 is 19.3. The second-order valence-corrected chi connectivity index (χ2v) is 4.21. The predicted molar refractivity (Wildman–Crippen MR) is 64.6 cm³/mol. The molecule has 0 fully saturated rings. The highest BCUT2D eigenvalue weighted by Gasteiger charge is 2.26. The quantitative estimate of drug-likeness (QED) is 0.872. The van der Waals surface area contributed by atoms with Crippen LogP contribution in [0.3, 0.4) is 0 Å². The van der Waals surface area contributed by atoms with Crippen LogP contribution in [0.1, 0.15) is 5.56 Å². The van der Waals surface area contributed by atoms with Crippen LogP contribution < -0.4 is 10.5 Å². The number of aromatic nitrogens is 2. The van der Waals surface area contributed by atoms with Gasteiger partial charge in [-0.15, -0.1) is 0 Å². The van der Waals surface area contributed by atoms with Crippen molar-refractivity contribution in [2.45, 2.75) is 12.5 Å². The van der Waals surface area contributed by atoms with Crippen LogP contribution in [-0.2, 0) is 6.42 Å². The van der Waals surface area contributed by atoms with Crippen molar-refractivity contribution in [3.8, 4) is 17.0 Å². The van der Waals surface area contributed by atoms with Crippen LogP contribution in [0, 0.1) is 5.82 Å². The van der Waals surface area contributed by atoms with Gasteiger partial charge < -0.3 is 10.5 Å². The first-order valence-corrected chi connectivity index (χ1v) is 5.73. The summed E-state index contributed by atoms with van der Waals surface area (Å²) in [7, 11) is 0. The molecule has 1 aliphatic rings. The molecule has 0 radical (unpaired) electrons. The van der Waals surface area contributed by atoms with Gasteiger partial charge in [0.25, 0.3) is 0 Å². The predicted octanol–water partition coefficient (Wildman–Crippen LogP) is 1.54. The van der Waals surface area contributed by atoms with Crippen LogP contribution in [0.4, 0.5) is 4.39 Å². The largest absolute Gasteiger partial charge is 0.488 e. The van der Waals surface area contributed by atoms with Crippen LogP contribution in [0.15, 0.2) is 30.7 Å². The second kappa shape index (κ2) is 4.34. The Kier molecular flexibility index (Phi) is 2.68. The average Bonchev–Trinajstić information content (AvgIpc) is 2.81. The van der Waals surface area contributed by atoms with Crippen molar-refractivity contribution in [1.82, 2.24) is 9.97 Å². The van der Waals surface area contributed by atoms with E-state index in [4.69, 9.17) is 10.5 Å². The van der Waals surface area contributed by atoms with Crippen LogP contribution in [-0.4, -0.2) is 22.6 Å². The van der Waals surface area contributed by atoms with E-state index in [9.17, 15) is 4.39 Å². The maximum absolute atomic E-state index is 13.6. The van der Waals surface area contributed by atoms with E-state index in [1.54, 1.807) is 18.6 Å². The Morgan fingerprint density at radius 3 is 3.00 bits per heavy atom. The molecule has 1 aromatic heterocycles. The molecule has 1 atom stereocenters. The van der Waals surface area contributed by atoms with Gasteiger partial charge in [0, 0.05) is 36.5 Å². The number of ether oxygens (including phenoxy) is 1. The Hall–Kier alpha value is -2.01. The maximum Gasteiger partial charge on any atom is 0.132 e. The molecule has 0 saturated heterocycles. The van der Waals surface area contributed by atoms with Gasteiger partial charge in [0.05, 0.1) is 11.9 Å². The molecule has 0 amide bonds. The minimum absolute atomic E-state index is 0.0859. The maximum atomic E-state index is 13.6. The third-order valence-corrected chi connectivity index (χ3v) is 2.96. The van der Waals surface area contributed by atoms with Crippen molar-refractivity contribution in [2.24, 2.45) is 5.73 Å². The molecule has 0 spiro atoms. The Labute approximate surface area is 104 Å². The first-order chi connectivity index (χ1) is 8.78. The van der Waals surface area contributed by atoms with Gasteiger partial charge in [-0.3, -0.25) is 9.97 Å².